The Morgan fingerprint density at radius 2 is 2.14 bits per heavy atom. The van der Waals surface area contributed by atoms with Crippen LogP contribution >= 0.6 is 0 Å². The fourth-order valence-corrected chi connectivity index (χ4v) is 1.38. The molecule has 70 valence electrons. The molecule has 2 nitrogen and oxygen atoms in total. The van der Waals surface area contributed by atoms with E-state index >= 15 is 0 Å². The fourth-order valence-electron chi connectivity index (χ4n) is 1.38. The number of aryl methyl sites for hydroxylation is 1. The maximum Gasteiger partial charge on any atom is 0.131 e. The minimum atomic E-state index is 0.290. The van der Waals surface area contributed by atoms with Gasteiger partial charge in [0.1, 0.15) is 11.8 Å². The second-order valence-electron chi connectivity index (χ2n) is 3.49. The van der Waals surface area contributed by atoms with Crippen LogP contribution in [0.2, 0.25) is 0 Å². The predicted octanol–water partition coefficient (Wildman–Crippen LogP) is 2.37. The lowest BCUT2D eigenvalue weighted by Gasteiger charge is -2.09. The number of nitrogens with zero attached hydrogens (tertiary/aromatic N) is 2. The summed E-state index contributed by atoms with van der Waals surface area (Å²) in [6.07, 6.45) is 5.30. The molecule has 0 atom stereocenters. The molecular weight excluding hydrogens is 172 g/mol. The first kappa shape index (κ1) is 10.3. The highest BCUT2D eigenvalue weighted by molar-refractivity contribution is 5.49. The molecule has 0 aliphatic heterocycles. The van der Waals surface area contributed by atoms with E-state index in [1.807, 2.05) is 26.8 Å². The summed E-state index contributed by atoms with van der Waals surface area (Å²) in [5, 5.41) is 8.98. The predicted molar refractivity (Wildman–Crippen MR) is 55.7 cm³/mol. The van der Waals surface area contributed by atoms with Crippen LogP contribution in [0.15, 0.2) is 6.07 Å². The zero-order valence-electron chi connectivity index (χ0n) is 8.63. The SMILES string of the molecule is C#Cc1nc(C)cc(C(C)C)c1C#N. The Bertz CT molecular complexity index is 431. The van der Waals surface area contributed by atoms with E-state index in [2.05, 4.69) is 17.0 Å². The molecule has 1 aromatic rings. The summed E-state index contributed by atoms with van der Waals surface area (Å²) in [5.74, 6) is 2.74. The third-order valence-corrected chi connectivity index (χ3v) is 2.05. The monoisotopic (exact) mass is 184 g/mol. The van der Waals surface area contributed by atoms with E-state index in [1.165, 1.54) is 0 Å². The van der Waals surface area contributed by atoms with Gasteiger partial charge in [-0.15, -0.1) is 6.42 Å². The van der Waals surface area contributed by atoms with Crippen molar-refractivity contribution in [1.29, 1.82) is 5.26 Å². The number of rotatable bonds is 1. The second kappa shape index (κ2) is 3.94. The standard InChI is InChI=1S/C12H12N2/c1-5-12-11(7-13)10(8(2)3)6-9(4)14-12/h1,6,8H,2-4H3. The highest BCUT2D eigenvalue weighted by Crippen LogP contribution is 2.21. The van der Waals surface area contributed by atoms with Gasteiger partial charge >= 0.3 is 0 Å². The third-order valence-electron chi connectivity index (χ3n) is 2.05. The Labute approximate surface area is 84.6 Å². The summed E-state index contributed by atoms with van der Waals surface area (Å²) in [6.45, 7) is 5.96. The molecular formula is C12H12N2. The third kappa shape index (κ3) is 1.75. The van der Waals surface area contributed by atoms with Gasteiger partial charge in [0.05, 0.1) is 5.56 Å². The van der Waals surface area contributed by atoms with Crippen LogP contribution in [-0.2, 0) is 0 Å². The Kier molecular flexibility index (Phi) is 2.89. The molecule has 0 aromatic carbocycles. The molecule has 0 saturated heterocycles. The van der Waals surface area contributed by atoms with Gasteiger partial charge in [0.25, 0.3) is 0 Å². The van der Waals surface area contributed by atoms with Crippen LogP contribution in [0.4, 0.5) is 0 Å². The van der Waals surface area contributed by atoms with Crippen LogP contribution in [0, 0.1) is 30.6 Å². The van der Waals surface area contributed by atoms with Gasteiger partial charge in [-0.1, -0.05) is 13.8 Å². The first-order chi connectivity index (χ1) is 6.60. The molecule has 0 unspecified atom stereocenters. The number of hydrogen-bond acceptors (Lipinski definition) is 2. The lowest BCUT2D eigenvalue weighted by atomic mass is 9.96. The number of hydrogen-bond donors (Lipinski definition) is 0. The average Bonchev–Trinajstić information content (AvgIpc) is 2.16. The Hall–Kier alpha value is -1.80. The van der Waals surface area contributed by atoms with Crippen molar-refractivity contribution in [2.75, 3.05) is 0 Å². The maximum atomic E-state index is 8.98. The first-order valence-electron chi connectivity index (χ1n) is 4.48. The molecule has 0 aliphatic carbocycles. The summed E-state index contributed by atoms with van der Waals surface area (Å²) in [7, 11) is 0. The van der Waals surface area contributed by atoms with Gasteiger partial charge in [-0.05, 0) is 30.4 Å². The van der Waals surface area contributed by atoms with Crippen molar-refractivity contribution in [3.05, 3.63) is 28.6 Å². The number of nitriles is 1. The van der Waals surface area contributed by atoms with Gasteiger partial charge in [-0.2, -0.15) is 5.26 Å². The fraction of sp³-hybridized carbons (Fsp3) is 0.333. The maximum absolute atomic E-state index is 8.98. The van der Waals surface area contributed by atoms with Gasteiger partial charge < -0.3 is 0 Å². The zero-order valence-corrected chi connectivity index (χ0v) is 8.63. The van der Waals surface area contributed by atoms with Crippen LogP contribution in [0.5, 0.6) is 0 Å². The van der Waals surface area contributed by atoms with Crippen molar-refractivity contribution >= 4 is 0 Å². The van der Waals surface area contributed by atoms with Crippen molar-refractivity contribution in [2.45, 2.75) is 26.7 Å². The molecule has 0 spiro atoms. The highest BCUT2D eigenvalue weighted by Gasteiger charge is 2.11. The van der Waals surface area contributed by atoms with Crippen LogP contribution in [0.3, 0.4) is 0 Å². The van der Waals surface area contributed by atoms with Gasteiger partial charge in [-0.3, -0.25) is 0 Å². The van der Waals surface area contributed by atoms with E-state index in [1.54, 1.807) is 0 Å². The van der Waals surface area contributed by atoms with Crippen LogP contribution < -0.4 is 0 Å². The van der Waals surface area contributed by atoms with E-state index in [9.17, 15) is 0 Å². The van der Waals surface area contributed by atoms with Crippen LogP contribution in [0.25, 0.3) is 0 Å². The second-order valence-corrected chi connectivity index (χ2v) is 3.49. The van der Waals surface area contributed by atoms with Gasteiger partial charge in [-0.25, -0.2) is 4.98 Å². The van der Waals surface area contributed by atoms with Gasteiger partial charge in [0, 0.05) is 5.69 Å². The summed E-state index contributed by atoms with van der Waals surface area (Å²) >= 11 is 0. The lowest BCUT2D eigenvalue weighted by Crippen LogP contribution is -2.00. The van der Waals surface area contributed by atoms with Crippen molar-refractivity contribution in [3.63, 3.8) is 0 Å². The molecule has 1 heterocycles. The molecule has 0 N–H and O–H groups in total. The molecule has 0 aliphatic rings. The molecule has 0 fully saturated rings. The first-order valence-corrected chi connectivity index (χ1v) is 4.48. The summed E-state index contributed by atoms with van der Waals surface area (Å²) in [5.41, 5.74) is 2.83. The number of pyridine rings is 1. The van der Waals surface area contributed by atoms with E-state index in [0.29, 0.717) is 17.2 Å². The van der Waals surface area contributed by atoms with Gasteiger partial charge in [0.15, 0.2) is 0 Å². The van der Waals surface area contributed by atoms with E-state index < -0.39 is 0 Å². The summed E-state index contributed by atoms with van der Waals surface area (Å²) in [4.78, 5) is 4.15. The summed E-state index contributed by atoms with van der Waals surface area (Å²) in [6, 6.07) is 4.04. The van der Waals surface area contributed by atoms with Crippen molar-refractivity contribution < 1.29 is 0 Å². The van der Waals surface area contributed by atoms with E-state index in [-0.39, 0.29) is 0 Å². The number of terminal acetylenes is 1. The molecule has 0 amide bonds. The Morgan fingerprint density at radius 1 is 1.50 bits per heavy atom. The summed E-state index contributed by atoms with van der Waals surface area (Å²) < 4.78 is 0. The van der Waals surface area contributed by atoms with E-state index in [4.69, 9.17) is 11.7 Å². The largest absolute Gasteiger partial charge is 0.243 e. The lowest BCUT2D eigenvalue weighted by molar-refractivity contribution is 0.853. The molecule has 0 radical (unpaired) electrons. The number of aromatic nitrogens is 1. The average molecular weight is 184 g/mol. The molecule has 1 aromatic heterocycles. The van der Waals surface area contributed by atoms with Crippen molar-refractivity contribution in [2.24, 2.45) is 0 Å². The smallest absolute Gasteiger partial charge is 0.131 e. The molecule has 14 heavy (non-hydrogen) atoms. The topological polar surface area (TPSA) is 36.7 Å². The Balaban J connectivity index is 3.52. The highest BCUT2D eigenvalue weighted by atomic mass is 14.7. The Morgan fingerprint density at radius 3 is 2.57 bits per heavy atom. The van der Waals surface area contributed by atoms with Crippen molar-refractivity contribution in [3.8, 4) is 18.4 Å². The molecule has 0 bridgehead atoms. The zero-order chi connectivity index (χ0) is 10.7. The van der Waals surface area contributed by atoms with E-state index in [0.717, 1.165) is 11.3 Å². The van der Waals surface area contributed by atoms with Crippen LogP contribution in [0.1, 0.15) is 42.3 Å². The molecule has 2 heteroatoms. The molecule has 0 saturated carbocycles. The minimum Gasteiger partial charge on any atom is -0.243 e. The molecule has 1 rings (SSSR count). The minimum absolute atomic E-state index is 0.290. The van der Waals surface area contributed by atoms with Crippen LogP contribution in [-0.4, -0.2) is 4.98 Å². The van der Waals surface area contributed by atoms with Gasteiger partial charge in [0.2, 0.25) is 0 Å². The van der Waals surface area contributed by atoms with Crippen molar-refractivity contribution in [1.82, 2.24) is 4.98 Å². The normalized spacial score (nSPS) is 9.57. The quantitative estimate of drug-likeness (QED) is 0.628.